The zero-order valence-electron chi connectivity index (χ0n) is 10.2. The van der Waals surface area contributed by atoms with Gasteiger partial charge in [0.25, 0.3) is 0 Å². The van der Waals surface area contributed by atoms with Crippen LogP contribution in [-0.4, -0.2) is 22.7 Å². The average molecular weight is 283 g/mol. The number of halogens is 1. The molecule has 2 aromatic rings. The molecule has 0 aliphatic heterocycles. The summed E-state index contributed by atoms with van der Waals surface area (Å²) < 4.78 is 5.41. The molecular weight excluding hydrogens is 268 g/mol. The van der Waals surface area contributed by atoms with E-state index in [4.69, 9.17) is 16.3 Å². The molecule has 1 aromatic carbocycles. The van der Waals surface area contributed by atoms with Crippen LogP contribution in [0.1, 0.15) is 18.4 Å². The van der Waals surface area contributed by atoms with Crippen molar-refractivity contribution in [3.8, 4) is 16.3 Å². The van der Waals surface area contributed by atoms with E-state index < -0.39 is 0 Å². The average Bonchev–Trinajstić information content (AvgIpc) is 2.86. The van der Waals surface area contributed by atoms with Crippen LogP contribution >= 0.6 is 22.9 Å². The molecular formula is C13H15ClN2OS. The van der Waals surface area contributed by atoms with Crippen molar-refractivity contribution >= 4 is 22.9 Å². The molecule has 1 aromatic heterocycles. The van der Waals surface area contributed by atoms with Crippen LogP contribution in [0.15, 0.2) is 24.3 Å². The van der Waals surface area contributed by atoms with E-state index in [-0.39, 0.29) is 0 Å². The Bertz CT molecular complexity index is 484. The van der Waals surface area contributed by atoms with Crippen molar-refractivity contribution in [2.24, 2.45) is 0 Å². The smallest absolute Gasteiger partial charge is 0.147 e. The van der Waals surface area contributed by atoms with Crippen molar-refractivity contribution < 1.29 is 4.74 Å². The molecule has 0 saturated heterocycles. The van der Waals surface area contributed by atoms with Crippen LogP contribution in [0.5, 0.6) is 5.75 Å². The van der Waals surface area contributed by atoms with Gasteiger partial charge >= 0.3 is 0 Å². The fourth-order valence-corrected chi connectivity index (χ4v) is 2.57. The third kappa shape index (κ3) is 3.43. The van der Waals surface area contributed by atoms with Gasteiger partial charge in [0.05, 0.1) is 6.61 Å². The quantitative estimate of drug-likeness (QED) is 0.757. The Morgan fingerprint density at radius 1 is 1.22 bits per heavy atom. The Hall–Kier alpha value is -1.13. The Kier molecular flexibility index (Phi) is 4.96. The Morgan fingerprint density at radius 2 is 2.00 bits per heavy atom. The second-order valence-corrected chi connectivity index (χ2v) is 5.19. The molecule has 96 valence electrons. The summed E-state index contributed by atoms with van der Waals surface area (Å²) >= 11 is 7.29. The number of benzene rings is 1. The lowest BCUT2D eigenvalue weighted by atomic mass is 10.2. The topological polar surface area (TPSA) is 35.0 Å². The van der Waals surface area contributed by atoms with Gasteiger partial charge in [0.2, 0.25) is 0 Å². The minimum atomic E-state index is 0.665. The van der Waals surface area contributed by atoms with Gasteiger partial charge in [0.15, 0.2) is 0 Å². The number of alkyl halides is 1. The van der Waals surface area contributed by atoms with E-state index in [1.54, 1.807) is 11.3 Å². The molecule has 0 saturated carbocycles. The largest absolute Gasteiger partial charge is 0.494 e. The minimum absolute atomic E-state index is 0.665. The highest BCUT2D eigenvalue weighted by Crippen LogP contribution is 2.26. The molecule has 0 aliphatic carbocycles. The zero-order valence-corrected chi connectivity index (χ0v) is 11.8. The summed E-state index contributed by atoms with van der Waals surface area (Å²) in [6.07, 6.45) is 1.84. The predicted molar refractivity (Wildman–Crippen MR) is 75.6 cm³/mol. The Labute approximate surface area is 116 Å². The number of hydrogen-bond donors (Lipinski definition) is 0. The van der Waals surface area contributed by atoms with Crippen LogP contribution in [-0.2, 0) is 6.42 Å². The molecule has 0 radical (unpaired) electrons. The van der Waals surface area contributed by atoms with Gasteiger partial charge in [-0.15, -0.1) is 21.8 Å². The van der Waals surface area contributed by atoms with Crippen molar-refractivity contribution in [3.63, 3.8) is 0 Å². The lowest BCUT2D eigenvalue weighted by Gasteiger charge is -2.02. The van der Waals surface area contributed by atoms with E-state index in [2.05, 4.69) is 10.2 Å². The van der Waals surface area contributed by atoms with Gasteiger partial charge < -0.3 is 4.74 Å². The molecule has 5 heteroatoms. The third-order valence-corrected chi connectivity index (χ3v) is 3.70. The van der Waals surface area contributed by atoms with E-state index in [0.717, 1.165) is 34.2 Å². The first-order valence-electron chi connectivity index (χ1n) is 5.95. The maximum Gasteiger partial charge on any atom is 0.147 e. The second kappa shape index (κ2) is 6.71. The summed E-state index contributed by atoms with van der Waals surface area (Å²) in [4.78, 5) is 0. The molecule has 0 spiro atoms. The first-order chi connectivity index (χ1) is 8.83. The van der Waals surface area contributed by atoms with Gasteiger partial charge in [0, 0.05) is 17.9 Å². The highest BCUT2D eigenvalue weighted by atomic mass is 35.5. The van der Waals surface area contributed by atoms with Crippen LogP contribution < -0.4 is 4.74 Å². The molecule has 0 unspecified atom stereocenters. The fraction of sp³-hybridized carbons (Fsp3) is 0.385. The highest BCUT2D eigenvalue weighted by Gasteiger charge is 2.06. The summed E-state index contributed by atoms with van der Waals surface area (Å²) in [5, 5.41) is 10.4. The Balaban J connectivity index is 2.08. The van der Waals surface area contributed by atoms with E-state index in [1.807, 2.05) is 31.2 Å². The van der Waals surface area contributed by atoms with Gasteiger partial charge in [-0.1, -0.05) is 11.3 Å². The fourth-order valence-electron chi connectivity index (χ4n) is 1.55. The summed E-state index contributed by atoms with van der Waals surface area (Å²) in [6.45, 7) is 2.66. The molecule has 18 heavy (non-hydrogen) atoms. The van der Waals surface area contributed by atoms with Crippen molar-refractivity contribution in [3.05, 3.63) is 29.3 Å². The second-order valence-electron chi connectivity index (χ2n) is 3.75. The number of aromatic nitrogens is 2. The normalized spacial score (nSPS) is 10.6. The van der Waals surface area contributed by atoms with E-state index in [9.17, 15) is 0 Å². The van der Waals surface area contributed by atoms with Crippen molar-refractivity contribution in [1.82, 2.24) is 10.2 Å². The van der Waals surface area contributed by atoms with Gasteiger partial charge in [-0.05, 0) is 37.6 Å². The standard InChI is InChI=1S/C13H15ClN2OS/c1-2-17-11-7-5-10(6-8-11)13-16-15-12(18-13)4-3-9-14/h5-8H,2-4,9H2,1H3. The summed E-state index contributed by atoms with van der Waals surface area (Å²) in [6, 6.07) is 7.94. The molecule has 0 N–H and O–H groups in total. The molecule has 0 fully saturated rings. The van der Waals surface area contributed by atoms with Gasteiger partial charge in [-0.25, -0.2) is 0 Å². The van der Waals surface area contributed by atoms with Crippen molar-refractivity contribution in [2.45, 2.75) is 19.8 Å². The molecule has 1 heterocycles. The van der Waals surface area contributed by atoms with Crippen LogP contribution in [0.4, 0.5) is 0 Å². The minimum Gasteiger partial charge on any atom is -0.494 e. The number of aryl methyl sites for hydroxylation is 1. The first-order valence-corrected chi connectivity index (χ1v) is 7.30. The third-order valence-electron chi connectivity index (χ3n) is 2.40. The summed E-state index contributed by atoms with van der Waals surface area (Å²) in [5.41, 5.74) is 1.08. The van der Waals surface area contributed by atoms with Crippen LogP contribution in [0.2, 0.25) is 0 Å². The molecule has 2 rings (SSSR count). The SMILES string of the molecule is CCOc1ccc(-c2nnc(CCCCl)s2)cc1. The zero-order chi connectivity index (χ0) is 12.8. The summed E-state index contributed by atoms with van der Waals surface area (Å²) in [5.74, 6) is 1.55. The molecule has 0 atom stereocenters. The molecule has 0 aliphatic rings. The highest BCUT2D eigenvalue weighted by molar-refractivity contribution is 7.14. The van der Waals surface area contributed by atoms with Crippen LogP contribution in [0.25, 0.3) is 10.6 Å². The lowest BCUT2D eigenvalue weighted by Crippen LogP contribution is -1.90. The maximum atomic E-state index is 5.66. The number of ether oxygens (including phenoxy) is 1. The summed E-state index contributed by atoms with van der Waals surface area (Å²) in [7, 11) is 0. The monoisotopic (exact) mass is 282 g/mol. The number of nitrogens with zero attached hydrogens (tertiary/aromatic N) is 2. The van der Waals surface area contributed by atoms with Gasteiger partial charge in [-0.3, -0.25) is 0 Å². The van der Waals surface area contributed by atoms with Gasteiger partial charge in [0.1, 0.15) is 15.8 Å². The number of rotatable bonds is 6. The van der Waals surface area contributed by atoms with Crippen LogP contribution in [0.3, 0.4) is 0 Å². The Morgan fingerprint density at radius 3 is 2.67 bits per heavy atom. The maximum absolute atomic E-state index is 5.66. The van der Waals surface area contributed by atoms with Crippen molar-refractivity contribution in [2.75, 3.05) is 12.5 Å². The predicted octanol–water partition coefficient (Wildman–Crippen LogP) is 3.78. The number of hydrogen-bond acceptors (Lipinski definition) is 4. The van der Waals surface area contributed by atoms with Gasteiger partial charge in [-0.2, -0.15) is 0 Å². The lowest BCUT2D eigenvalue weighted by molar-refractivity contribution is 0.340. The van der Waals surface area contributed by atoms with Crippen molar-refractivity contribution in [1.29, 1.82) is 0 Å². The molecule has 0 bridgehead atoms. The molecule has 0 amide bonds. The molecule has 3 nitrogen and oxygen atoms in total. The van der Waals surface area contributed by atoms with Crippen LogP contribution in [0, 0.1) is 0 Å². The van der Waals surface area contributed by atoms with E-state index in [1.165, 1.54) is 0 Å². The van der Waals surface area contributed by atoms with E-state index >= 15 is 0 Å². The first kappa shape index (κ1) is 13.3. The van der Waals surface area contributed by atoms with E-state index in [0.29, 0.717) is 12.5 Å².